The standard InChI is InChI=1S/C11H14FNO2/c1-11(13,10(14)15)9-5-3-2-4-8(9)6-7-12/h2-5H,6-7,13H2,1H3,(H,14,15). The molecule has 0 aromatic heterocycles. The van der Waals surface area contributed by atoms with Gasteiger partial charge in [-0.3, -0.25) is 4.39 Å². The van der Waals surface area contributed by atoms with Crippen LogP contribution in [-0.4, -0.2) is 17.8 Å². The fraction of sp³-hybridized carbons (Fsp3) is 0.364. The summed E-state index contributed by atoms with van der Waals surface area (Å²) < 4.78 is 12.3. The monoisotopic (exact) mass is 211 g/mol. The van der Waals surface area contributed by atoms with Gasteiger partial charge in [-0.25, -0.2) is 4.79 Å². The van der Waals surface area contributed by atoms with Gasteiger partial charge in [0.05, 0.1) is 6.67 Å². The predicted molar refractivity (Wildman–Crippen MR) is 55.3 cm³/mol. The minimum atomic E-state index is -1.47. The van der Waals surface area contributed by atoms with Crippen molar-refractivity contribution in [1.29, 1.82) is 0 Å². The molecule has 4 heteroatoms. The maximum absolute atomic E-state index is 12.3. The maximum atomic E-state index is 12.3. The van der Waals surface area contributed by atoms with Crippen molar-refractivity contribution in [3.63, 3.8) is 0 Å². The first kappa shape index (κ1) is 11.7. The molecule has 0 spiro atoms. The number of carbonyl (C=O) groups is 1. The van der Waals surface area contributed by atoms with Crippen LogP contribution in [0, 0.1) is 0 Å². The fourth-order valence-electron chi connectivity index (χ4n) is 1.46. The first-order valence-corrected chi connectivity index (χ1v) is 4.66. The molecule has 0 heterocycles. The Kier molecular flexibility index (Phi) is 3.42. The molecule has 0 aliphatic rings. The molecule has 0 aliphatic heterocycles. The lowest BCUT2D eigenvalue weighted by molar-refractivity contribution is -0.143. The number of carboxylic acid groups (broad SMARTS) is 1. The van der Waals surface area contributed by atoms with E-state index in [4.69, 9.17) is 10.8 Å². The Balaban J connectivity index is 3.18. The summed E-state index contributed by atoms with van der Waals surface area (Å²) in [7, 11) is 0. The first-order valence-electron chi connectivity index (χ1n) is 4.66. The fourth-order valence-corrected chi connectivity index (χ4v) is 1.46. The second-order valence-electron chi connectivity index (χ2n) is 3.60. The van der Waals surface area contributed by atoms with E-state index in [0.717, 1.165) is 0 Å². The van der Waals surface area contributed by atoms with Crippen LogP contribution in [0.4, 0.5) is 4.39 Å². The Hall–Kier alpha value is -1.42. The summed E-state index contributed by atoms with van der Waals surface area (Å²) in [6.07, 6.45) is 0.191. The topological polar surface area (TPSA) is 63.3 Å². The summed E-state index contributed by atoms with van der Waals surface area (Å²) in [5.41, 5.74) is 5.34. The summed E-state index contributed by atoms with van der Waals surface area (Å²) in [6.45, 7) is 0.888. The SMILES string of the molecule is CC(N)(C(=O)O)c1ccccc1CCF. The van der Waals surface area contributed by atoms with Crippen molar-refractivity contribution in [1.82, 2.24) is 0 Å². The molecule has 3 N–H and O–H groups in total. The van der Waals surface area contributed by atoms with E-state index in [2.05, 4.69) is 0 Å². The zero-order chi connectivity index (χ0) is 11.5. The Morgan fingerprint density at radius 3 is 2.67 bits per heavy atom. The van der Waals surface area contributed by atoms with Crippen LogP contribution in [0.3, 0.4) is 0 Å². The van der Waals surface area contributed by atoms with E-state index in [9.17, 15) is 9.18 Å². The van der Waals surface area contributed by atoms with Gasteiger partial charge >= 0.3 is 5.97 Å². The third-order valence-electron chi connectivity index (χ3n) is 2.38. The van der Waals surface area contributed by atoms with Crippen LogP contribution in [0.2, 0.25) is 0 Å². The highest BCUT2D eigenvalue weighted by Crippen LogP contribution is 2.22. The number of halogens is 1. The summed E-state index contributed by atoms with van der Waals surface area (Å²) in [4.78, 5) is 11.0. The van der Waals surface area contributed by atoms with Crippen molar-refractivity contribution in [2.45, 2.75) is 18.9 Å². The molecule has 0 saturated heterocycles. The van der Waals surface area contributed by atoms with E-state index >= 15 is 0 Å². The van der Waals surface area contributed by atoms with E-state index in [1.807, 2.05) is 0 Å². The zero-order valence-corrected chi connectivity index (χ0v) is 8.53. The third-order valence-corrected chi connectivity index (χ3v) is 2.38. The number of alkyl halides is 1. The molecule has 0 amide bonds. The Morgan fingerprint density at radius 1 is 1.53 bits per heavy atom. The molecule has 1 unspecified atom stereocenters. The van der Waals surface area contributed by atoms with Crippen LogP contribution >= 0.6 is 0 Å². The molecule has 1 atom stereocenters. The highest BCUT2D eigenvalue weighted by atomic mass is 19.1. The first-order chi connectivity index (χ1) is 7.00. The quantitative estimate of drug-likeness (QED) is 0.792. The number of aryl methyl sites for hydroxylation is 1. The number of rotatable bonds is 4. The predicted octanol–water partition coefficient (Wildman–Crippen LogP) is 1.46. The molecule has 3 nitrogen and oxygen atoms in total. The highest BCUT2D eigenvalue weighted by Gasteiger charge is 2.31. The van der Waals surface area contributed by atoms with E-state index in [1.54, 1.807) is 24.3 Å². The molecule has 0 saturated carbocycles. The van der Waals surface area contributed by atoms with Gasteiger partial charge in [0.25, 0.3) is 0 Å². The largest absolute Gasteiger partial charge is 0.480 e. The Morgan fingerprint density at radius 2 is 2.13 bits per heavy atom. The van der Waals surface area contributed by atoms with Crippen LogP contribution < -0.4 is 5.73 Å². The lowest BCUT2D eigenvalue weighted by atomic mass is 9.88. The minimum Gasteiger partial charge on any atom is -0.480 e. The average Bonchev–Trinajstić information content (AvgIpc) is 2.18. The van der Waals surface area contributed by atoms with Gasteiger partial charge in [0, 0.05) is 6.42 Å². The number of nitrogens with two attached hydrogens (primary N) is 1. The van der Waals surface area contributed by atoms with Crippen molar-refractivity contribution in [2.24, 2.45) is 5.73 Å². The smallest absolute Gasteiger partial charge is 0.328 e. The van der Waals surface area contributed by atoms with Crippen LogP contribution in [0.5, 0.6) is 0 Å². The number of hydrogen-bond donors (Lipinski definition) is 2. The third kappa shape index (κ3) is 2.33. The molecular weight excluding hydrogens is 197 g/mol. The van der Waals surface area contributed by atoms with Gasteiger partial charge in [-0.1, -0.05) is 24.3 Å². The molecular formula is C11H14FNO2. The zero-order valence-electron chi connectivity index (χ0n) is 8.53. The van der Waals surface area contributed by atoms with Crippen molar-refractivity contribution >= 4 is 5.97 Å². The molecule has 0 aliphatic carbocycles. The van der Waals surface area contributed by atoms with E-state index in [1.165, 1.54) is 6.92 Å². The molecule has 0 radical (unpaired) electrons. The van der Waals surface area contributed by atoms with Crippen LogP contribution in [-0.2, 0) is 16.8 Å². The Labute approximate surface area is 87.7 Å². The average molecular weight is 211 g/mol. The second kappa shape index (κ2) is 4.40. The van der Waals surface area contributed by atoms with Gasteiger partial charge in [-0.15, -0.1) is 0 Å². The van der Waals surface area contributed by atoms with E-state index in [0.29, 0.717) is 11.1 Å². The Bertz CT molecular complexity index is 363. The number of benzene rings is 1. The molecule has 0 fully saturated rings. The van der Waals surface area contributed by atoms with Gasteiger partial charge < -0.3 is 10.8 Å². The summed E-state index contributed by atoms with van der Waals surface area (Å²) in [6, 6.07) is 6.76. The van der Waals surface area contributed by atoms with Crippen LogP contribution in [0.15, 0.2) is 24.3 Å². The van der Waals surface area contributed by atoms with Crippen molar-refractivity contribution in [3.05, 3.63) is 35.4 Å². The van der Waals surface area contributed by atoms with Gasteiger partial charge in [-0.2, -0.15) is 0 Å². The molecule has 1 aromatic rings. The molecule has 1 rings (SSSR count). The van der Waals surface area contributed by atoms with E-state index < -0.39 is 18.2 Å². The van der Waals surface area contributed by atoms with Crippen molar-refractivity contribution in [3.8, 4) is 0 Å². The molecule has 15 heavy (non-hydrogen) atoms. The van der Waals surface area contributed by atoms with Crippen molar-refractivity contribution < 1.29 is 14.3 Å². The molecule has 0 bridgehead atoms. The normalized spacial score (nSPS) is 14.6. The lowest BCUT2D eigenvalue weighted by Crippen LogP contribution is -2.42. The van der Waals surface area contributed by atoms with Gasteiger partial charge in [-0.05, 0) is 18.1 Å². The lowest BCUT2D eigenvalue weighted by Gasteiger charge is -2.22. The van der Waals surface area contributed by atoms with Gasteiger partial charge in [0.1, 0.15) is 5.54 Å². The van der Waals surface area contributed by atoms with E-state index in [-0.39, 0.29) is 6.42 Å². The summed E-state index contributed by atoms with van der Waals surface area (Å²) in [5.74, 6) is -1.12. The minimum absolute atomic E-state index is 0.191. The number of aliphatic carboxylic acids is 1. The second-order valence-corrected chi connectivity index (χ2v) is 3.60. The van der Waals surface area contributed by atoms with Crippen molar-refractivity contribution in [2.75, 3.05) is 6.67 Å². The number of carboxylic acids is 1. The number of hydrogen-bond acceptors (Lipinski definition) is 2. The summed E-state index contributed by atoms with van der Waals surface area (Å²) >= 11 is 0. The molecule has 82 valence electrons. The summed E-state index contributed by atoms with van der Waals surface area (Å²) in [5, 5.41) is 8.97. The highest BCUT2D eigenvalue weighted by molar-refractivity contribution is 5.80. The van der Waals surface area contributed by atoms with Crippen LogP contribution in [0.25, 0.3) is 0 Å². The van der Waals surface area contributed by atoms with Gasteiger partial charge in [0.2, 0.25) is 0 Å². The van der Waals surface area contributed by atoms with Gasteiger partial charge in [0.15, 0.2) is 0 Å². The van der Waals surface area contributed by atoms with Crippen LogP contribution in [0.1, 0.15) is 18.1 Å². The maximum Gasteiger partial charge on any atom is 0.328 e. The molecule has 1 aromatic carbocycles.